The Morgan fingerprint density at radius 3 is 2.44 bits per heavy atom. The fourth-order valence-corrected chi connectivity index (χ4v) is 3.67. The first-order valence-corrected chi connectivity index (χ1v) is 9.29. The van der Waals surface area contributed by atoms with E-state index in [2.05, 4.69) is 29.6 Å². The number of hydrogen-bond acceptors (Lipinski definition) is 3. The second kappa shape index (κ2) is 7.64. The van der Waals surface area contributed by atoms with Crippen LogP contribution in [-0.4, -0.2) is 12.8 Å². The lowest BCUT2D eigenvalue weighted by Crippen LogP contribution is -2.28. The molecule has 0 amide bonds. The molecule has 0 bridgehead atoms. The maximum Gasteiger partial charge on any atom is 0.204 e. The van der Waals surface area contributed by atoms with Gasteiger partial charge in [0.2, 0.25) is 6.23 Å². The number of nitrogens with one attached hydrogen (secondary N) is 1. The zero-order valence-corrected chi connectivity index (χ0v) is 14.5. The molecular formula is C22H25NO2. The van der Waals surface area contributed by atoms with E-state index in [-0.39, 0.29) is 6.23 Å². The highest BCUT2D eigenvalue weighted by Gasteiger charge is 2.19. The normalized spacial score (nSPS) is 20.5. The molecule has 0 unspecified atom stereocenters. The zero-order valence-electron chi connectivity index (χ0n) is 14.5. The molecule has 1 heterocycles. The Hall–Kier alpha value is -2.42. The van der Waals surface area contributed by atoms with Crippen molar-refractivity contribution in [3.8, 4) is 5.75 Å². The highest BCUT2D eigenvalue weighted by molar-refractivity contribution is 5.60. The van der Waals surface area contributed by atoms with Gasteiger partial charge in [-0.3, -0.25) is 0 Å². The monoisotopic (exact) mass is 335 g/mol. The first kappa shape index (κ1) is 16.1. The minimum absolute atomic E-state index is 0.145. The minimum Gasteiger partial charge on any atom is -0.488 e. The first-order chi connectivity index (χ1) is 12.4. The van der Waals surface area contributed by atoms with E-state index in [4.69, 9.17) is 9.47 Å². The molecule has 1 N–H and O–H groups in total. The standard InChI is InChI=1S/C22H25NO2/c1-3-7-17(8-4-1)18-11-13-20(14-12-18)24-16-22-23-15-21(25-22)19-9-5-2-6-10-19/h2,5-6,9-15,17,22-23H,1,3-4,7-8,16H2/t22-/m0/s1. The second-order valence-corrected chi connectivity index (χ2v) is 6.86. The van der Waals surface area contributed by atoms with Gasteiger partial charge in [-0.2, -0.15) is 0 Å². The summed E-state index contributed by atoms with van der Waals surface area (Å²) in [7, 11) is 0. The topological polar surface area (TPSA) is 30.5 Å². The van der Waals surface area contributed by atoms with Gasteiger partial charge in [-0.25, -0.2) is 0 Å². The van der Waals surface area contributed by atoms with Crippen molar-refractivity contribution in [1.82, 2.24) is 5.32 Å². The molecule has 1 aliphatic heterocycles. The van der Waals surface area contributed by atoms with E-state index in [0.29, 0.717) is 6.61 Å². The van der Waals surface area contributed by atoms with Gasteiger partial charge in [-0.15, -0.1) is 0 Å². The summed E-state index contributed by atoms with van der Waals surface area (Å²) in [6.45, 7) is 0.482. The molecule has 4 rings (SSSR count). The molecule has 2 aromatic carbocycles. The largest absolute Gasteiger partial charge is 0.488 e. The maximum atomic E-state index is 5.91. The third-order valence-electron chi connectivity index (χ3n) is 5.09. The van der Waals surface area contributed by atoms with Crippen molar-refractivity contribution in [3.63, 3.8) is 0 Å². The quantitative estimate of drug-likeness (QED) is 0.828. The summed E-state index contributed by atoms with van der Waals surface area (Å²) in [6.07, 6.45) is 8.55. The van der Waals surface area contributed by atoms with E-state index in [1.54, 1.807) is 0 Å². The third-order valence-corrected chi connectivity index (χ3v) is 5.09. The van der Waals surface area contributed by atoms with Gasteiger partial charge in [-0.05, 0) is 36.5 Å². The van der Waals surface area contributed by atoms with Gasteiger partial charge in [0.15, 0.2) is 0 Å². The molecule has 1 fully saturated rings. The van der Waals surface area contributed by atoms with Crippen LogP contribution in [0.3, 0.4) is 0 Å². The second-order valence-electron chi connectivity index (χ2n) is 6.86. The Balaban J connectivity index is 1.28. The van der Waals surface area contributed by atoms with E-state index in [1.807, 2.05) is 36.5 Å². The Bertz CT molecular complexity index is 703. The van der Waals surface area contributed by atoms with Crippen molar-refractivity contribution in [2.75, 3.05) is 6.61 Å². The van der Waals surface area contributed by atoms with E-state index < -0.39 is 0 Å². The fraction of sp³-hybridized carbons (Fsp3) is 0.364. The molecule has 0 saturated heterocycles. The van der Waals surface area contributed by atoms with Crippen LogP contribution in [0.5, 0.6) is 5.75 Å². The Morgan fingerprint density at radius 1 is 0.920 bits per heavy atom. The molecule has 1 aliphatic carbocycles. The fourth-order valence-electron chi connectivity index (χ4n) is 3.67. The van der Waals surface area contributed by atoms with Crippen molar-refractivity contribution in [2.45, 2.75) is 44.2 Å². The molecule has 130 valence electrons. The molecule has 0 aromatic heterocycles. The molecule has 3 heteroatoms. The van der Waals surface area contributed by atoms with Crippen LogP contribution in [0.1, 0.15) is 49.1 Å². The predicted molar refractivity (Wildman–Crippen MR) is 100 cm³/mol. The van der Waals surface area contributed by atoms with E-state index in [9.17, 15) is 0 Å². The minimum atomic E-state index is -0.145. The van der Waals surface area contributed by atoms with Crippen LogP contribution in [-0.2, 0) is 4.74 Å². The van der Waals surface area contributed by atoms with Gasteiger partial charge >= 0.3 is 0 Å². The molecule has 25 heavy (non-hydrogen) atoms. The molecule has 1 atom stereocenters. The van der Waals surface area contributed by atoms with E-state index in [1.165, 1.54) is 37.7 Å². The molecule has 1 saturated carbocycles. The maximum absolute atomic E-state index is 5.91. The summed E-state index contributed by atoms with van der Waals surface area (Å²) >= 11 is 0. The summed E-state index contributed by atoms with van der Waals surface area (Å²) in [4.78, 5) is 0. The molecule has 2 aliphatic rings. The van der Waals surface area contributed by atoms with Crippen molar-refractivity contribution in [3.05, 3.63) is 71.9 Å². The lowest BCUT2D eigenvalue weighted by molar-refractivity contribution is 0.106. The summed E-state index contributed by atoms with van der Waals surface area (Å²) in [6, 6.07) is 18.7. The Labute approximate surface area is 149 Å². The average molecular weight is 335 g/mol. The SMILES string of the molecule is C1=C(c2ccccc2)O[C@@H](COc2ccc(C3CCCCC3)cc2)N1. The average Bonchev–Trinajstić information content (AvgIpc) is 3.17. The smallest absolute Gasteiger partial charge is 0.204 e. The van der Waals surface area contributed by atoms with Crippen LogP contribution in [0.15, 0.2) is 60.8 Å². The van der Waals surface area contributed by atoms with Crippen molar-refractivity contribution < 1.29 is 9.47 Å². The summed E-state index contributed by atoms with van der Waals surface area (Å²) < 4.78 is 11.8. The number of hydrogen-bond donors (Lipinski definition) is 1. The highest BCUT2D eigenvalue weighted by atomic mass is 16.5. The van der Waals surface area contributed by atoms with Crippen molar-refractivity contribution in [1.29, 1.82) is 0 Å². The van der Waals surface area contributed by atoms with Crippen LogP contribution in [0, 0.1) is 0 Å². The predicted octanol–water partition coefficient (Wildman–Crippen LogP) is 5.06. The molecule has 3 nitrogen and oxygen atoms in total. The van der Waals surface area contributed by atoms with Crippen LogP contribution >= 0.6 is 0 Å². The molecule has 2 aromatic rings. The Kier molecular flexibility index (Phi) is 4.91. The van der Waals surface area contributed by atoms with E-state index in [0.717, 1.165) is 23.0 Å². The summed E-state index contributed by atoms with van der Waals surface area (Å²) in [5.74, 6) is 2.50. The lowest BCUT2D eigenvalue weighted by Gasteiger charge is -2.22. The summed E-state index contributed by atoms with van der Waals surface area (Å²) in [5.41, 5.74) is 2.53. The zero-order chi connectivity index (χ0) is 16.9. The Morgan fingerprint density at radius 2 is 1.68 bits per heavy atom. The molecule has 0 spiro atoms. The number of ether oxygens (including phenoxy) is 2. The van der Waals surface area contributed by atoms with Gasteiger partial charge in [0, 0.05) is 11.8 Å². The van der Waals surface area contributed by atoms with Crippen LogP contribution < -0.4 is 10.1 Å². The van der Waals surface area contributed by atoms with Gasteiger partial charge in [-0.1, -0.05) is 61.7 Å². The lowest BCUT2D eigenvalue weighted by atomic mass is 9.84. The van der Waals surface area contributed by atoms with Gasteiger partial charge in [0.1, 0.15) is 18.1 Å². The van der Waals surface area contributed by atoms with Gasteiger partial charge in [0.25, 0.3) is 0 Å². The van der Waals surface area contributed by atoms with Gasteiger partial charge in [0.05, 0.1) is 0 Å². The van der Waals surface area contributed by atoms with Crippen LogP contribution in [0.4, 0.5) is 0 Å². The third kappa shape index (κ3) is 3.98. The summed E-state index contributed by atoms with van der Waals surface area (Å²) in [5, 5.41) is 3.23. The van der Waals surface area contributed by atoms with Crippen molar-refractivity contribution in [2.24, 2.45) is 0 Å². The van der Waals surface area contributed by atoms with Crippen LogP contribution in [0.2, 0.25) is 0 Å². The molecule has 0 radical (unpaired) electrons. The van der Waals surface area contributed by atoms with Crippen molar-refractivity contribution >= 4 is 5.76 Å². The van der Waals surface area contributed by atoms with E-state index >= 15 is 0 Å². The first-order valence-electron chi connectivity index (χ1n) is 9.29. The molecular weight excluding hydrogens is 310 g/mol. The number of benzene rings is 2. The van der Waals surface area contributed by atoms with Crippen LogP contribution in [0.25, 0.3) is 5.76 Å². The number of rotatable bonds is 5. The highest BCUT2D eigenvalue weighted by Crippen LogP contribution is 2.33. The van der Waals surface area contributed by atoms with Gasteiger partial charge < -0.3 is 14.8 Å².